The minimum absolute atomic E-state index is 0.252. The lowest BCUT2D eigenvalue weighted by atomic mass is 10.3. The molecule has 2 heterocycles. The number of nitrogens with one attached hydrogen (secondary N) is 1. The summed E-state index contributed by atoms with van der Waals surface area (Å²) in [5, 5.41) is 2.59. The van der Waals surface area contributed by atoms with E-state index in [0.717, 1.165) is 6.26 Å². The molecule has 0 aromatic carbocycles. The van der Waals surface area contributed by atoms with Gasteiger partial charge in [0.25, 0.3) is 5.91 Å². The molecule has 0 bridgehead atoms. The predicted octanol–water partition coefficient (Wildman–Crippen LogP) is 2.05. The zero-order valence-electron chi connectivity index (χ0n) is 8.51. The Kier molecular flexibility index (Phi) is 3.34. The molecule has 0 unspecified atom stereocenters. The summed E-state index contributed by atoms with van der Waals surface area (Å²) < 4.78 is 5.27. The van der Waals surface area contributed by atoms with E-state index in [0.29, 0.717) is 10.3 Å². The topological polar surface area (TPSA) is 72.2 Å². The summed E-state index contributed by atoms with van der Waals surface area (Å²) in [6.07, 6.45) is 2.67. The number of nitrogens with zero attached hydrogens (tertiary/aromatic N) is 1. The van der Waals surface area contributed by atoms with Gasteiger partial charge in [-0.05, 0) is 34.1 Å². The Labute approximate surface area is 105 Å². The molecule has 0 fully saturated rings. The van der Waals surface area contributed by atoms with E-state index < -0.39 is 11.5 Å². The van der Waals surface area contributed by atoms with Crippen LogP contribution in [0, 0.1) is 0 Å². The van der Waals surface area contributed by atoms with Crippen LogP contribution in [-0.2, 0) is 0 Å². The van der Waals surface area contributed by atoms with Crippen molar-refractivity contribution in [1.82, 2.24) is 4.98 Å². The third kappa shape index (κ3) is 2.79. The van der Waals surface area contributed by atoms with Crippen molar-refractivity contribution < 1.29 is 9.21 Å². The second-order valence-electron chi connectivity index (χ2n) is 3.13. The Morgan fingerprint density at radius 3 is 2.82 bits per heavy atom. The average molecular weight is 295 g/mol. The van der Waals surface area contributed by atoms with Crippen LogP contribution in [0.3, 0.4) is 0 Å². The van der Waals surface area contributed by atoms with Crippen LogP contribution in [-0.4, -0.2) is 10.9 Å². The normalized spacial score (nSPS) is 9.94. The monoisotopic (exact) mass is 294 g/mol. The van der Waals surface area contributed by atoms with Gasteiger partial charge in [-0.25, -0.2) is 9.78 Å². The van der Waals surface area contributed by atoms with Crippen LogP contribution in [0.4, 0.5) is 5.82 Å². The van der Waals surface area contributed by atoms with E-state index >= 15 is 0 Å². The number of carbonyl (C=O) groups excluding carboxylic acids is 1. The molecule has 0 aliphatic carbocycles. The molecule has 0 aliphatic rings. The summed E-state index contributed by atoms with van der Waals surface area (Å²) in [6.45, 7) is 0. The molecule has 0 spiro atoms. The molecule has 17 heavy (non-hydrogen) atoms. The number of pyridine rings is 1. The lowest BCUT2D eigenvalue weighted by Crippen LogP contribution is -2.14. The maximum absolute atomic E-state index is 11.7. The number of carbonyl (C=O) groups is 1. The van der Waals surface area contributed by atoms with Gasteiger partial charge in [0.1, 0.15) is 12.1 Å². The Hall–Kier alpha value is -1.95. The van der Waals surface area contributed by atoms with E-state index in [4.69, 9.17) is 0 Å². The zero-order chi connectivity index (χ0) is 12.3. The van der Waals surface area contributed by atoms with Gasteiger partial charge in [0, 0.05) is 12.3 Å². The molecular formula is C11H7BrN2O3. The standard InChI is InChI=1S/C11H7BrN2O3/c12-8-2-1-5-13-10(8)14-11(16)7-3-4-9(15)17-6-7/h1-6H,(H,13,14,16). The van der Waals surface area contributed by atoms with Crippen molar-refractivity contribution >= 4 is 27.7 Å². The van der Waals surface area contributed by atoms with Crippen molar-refractivity contribution in [2.24, 2.45) is 0 Å². The SMILES string of the molecule is O=C(Nc1ncccc1Br)c1ccc(=O)oc1. The first-order chi connectivity index (χ1) is 8.16. The maximum Gasteiger partial charge on any atom is 0.335 e. The fraction of sp³-hybridized carbons (Fsp3) is 0. The van der Waals surface area contributed by atoms with Crippen LogP contribution >= 0.6 is 15.9 Å². The van der Waals surface area contributed by atoms with Crippen LogP contribution < -0.4 is 10.9 Å². The summed E-state index contributed by atoms with van der Waals surface area (Å²) in [7, 11) is 0. The molecule has 2 rings (SSSR count). The lowest BCUT2D eigenvalue weighted by molar-refractivity contribution is 0.102. The van der Waals surface area contributed by atoms with Gasteiger partial charge in [-0.3, -0.25) is 4.79 Å². The molecule has 0 aliphatic heterocycles. The number of rotatable bonds is 2. The van der Waals surface area contributed by atoms with Crippen LogP contribution in [0.2, 0.25) is 0 Å². The van der Waals surface area contributed by atoms with Gasteiger partial charge in [0.05, 0.1) is 10.0 Å². The maximum atomic E-state index is 11.7. The van der Waals surface area contributed by atoms with E-state index in [1.54, 1.807) is 18.3 Å². The zero-order valence-corrected chi connectivity index (χ0v) is 10.1. The second kappa shape index (κ2) is 4.92. The predicted molar refractivity (Wildman–Crippen MR) is 64.9 cm³/mol. The number of halogens is 1. The number of amides is 1. The van der Waals surface area contributed by atoms with Crippen molar-refractivity contribution in [3.05, 3.63) is 57.2 Å². The van der Waals surface area contributed by atoms with Gasteiger partial charge in [-0.2, -0.15) is 0 Å². The average Bonchev–Trinajstić information content (AvgIpc) is 2.33. The van der Waals surface area contributed by atoms with Crippen molar-refractivity contribution in [1.29, 1.82) is 0 Å². The van der Waals surface area contributed by atoms with Gasteiger partial charge in [-0.1, -0.05) is 0 Å². The van der Waals surface area contributed by atoms with E-state index in [1.807, 2.05) is 0 Å². The van der Waals surface area contributed by atoms with Gasteiger partial charge < -0.3 is 9.73 Å². The van der Waals surface area contributed by atoms with Crippen molar-refractivity contribution in [3.63, 3.8) is 0 Å². The van der Waals surface area contributed by atoms with Crippen LogP contribution in [0.1, 0.15) is 10.4 Å². The molecule has 2 aromatic rings. The Morgan fingerprint density at radius 1 is 1.35 bits per heavy atom. The van der Waals surface area contributed by atoms with Crippen molar-refractivity contribution in [3.8, 4) is 0 Å². The summed E-state index contributed by atoms with van der Waals surface area (Å²) >= 11 is 3.26. The quantitative estimate of drug-likeness (QED) is 0.920. The summed E-state index contributed by atoms with van der Waals surface area (Å²) in [6, 6.07) is 6.06. The minimum atomic E-state index is -0.499. The van der Waals surface area contributed by atoms with Gasteiger partial charge in [0.2, 0.25) is 0 Å². The number of hydrogen-bond donors (Lipinski definition) is 1. The van der Waals surface area contributed by atoms with Gasteiger partial charge in [0.15, 0.2) is 0 Å². The summed E-state index contributed by atoms with van der Waals surface area (Å²) in [5.74, 6) is 0.0110. The van der Waals surface area contributed by atoms with E-state index in [2.05, 4.69) is 30.6 Å². The van der Waals surface area contributed by atoms with Crippen LogP contribution in [0.15, 0.2) is 50.4 Å². The molecule has 0 atom stereocenters. The van der Waals surface area contributed by atoms with E-state index in [-0.39, 0.29) is 5.56 Å². The molecule has 2 aromatic heterocycles. The van der Waals surface area contributed by atoms with E-state index in [1.165, 1.54) is 12.1 Å². The second-order valence-corrected chi connectivity index (χ2v) is 3.99. The molecule has 0 saturated heterocycles. The molecule has 1 amide bonds. The fourth-order valence-electron chi connectivity index (χ4n) is 1.14. The van der Waals surface area contributed by atoms with Gasteiger partial charge in [-0.15, -0.1) is 0 Å². The highest BCUT2D eigenvalue weighted by Gasteiger charge is 2.09. The summed E-state index contributed by atoms with van der Waals surface area (Å²) in [5.41, 5.74) is -0.247. The highest BCUT2D eigenvalue weighted by Crippen LogP contribution is 2.18. The van der Waals surface area contributed by atoms with Crippen molar-refractivity contribution in [2.75, 3.05) is 5.32 Å². The van der Waals surface area contributed by atoms with Crippen molar-refractivity contribution in [2.45, 2.75) is 0 Å². The number of anilines is 1. The fourth-order valence-corrected chi connectivity index (χ4v) is 1.50. The van der Waals surface area contributed by atoms with Gasteiger partial charge >= 0.3 is 5.63 Å². The molecule has 1 N–H and O–H groups in total. The molecule has 0 saturated carbocycles. The first-order valence-electron chi connectivity index (χ1n) is 4.67. The first-order valence-corrected chi connectivity index (χ1v) is 5.47. The highest BCUT2D eigenvalue weighted by molar-refractivity contribution is 9.10. The highest BCUT2D eigenvalue weighted by atomic mass is 79.9. The Morgan fingerprint density at radius 2 is 2.18 bits per heavy atom. The lowest BCUT2D eigenvalue weighted by Gasteiger charge is -2.04. The molecule has 5 nitrogen and oxygen atoms in total. The van der Waals surface area contributed by atoms with E-state index in [9.17, 15) is 9.59 Å². The molecule has 0 radical (unpaired) electrons. The molecule has 6 heteroatoms. The number of aromatic nitrogens is 1. The Balaban J connectivity index is 2.20. The molecule has 86 valence electrons. The summed E-state index contributed by atoms with van der Waals surface area (Å²) in [4.78, 5) is 26.5. The number of hydrogen-bond acceptors (Lipinski definition) is 4. The molecular weight excluding hydrogens is 288 g/mol. The first kappa shape index (κ1) is 11.5. The third-order valence-corrected chi connectivity index (χ3v) is 2.59. The van der Waals surface area contributed by atoms with Crippen LogP contribution in [0.5, 0.6) is 0 Å². The third-order valence-electron chi connectivity index (χ3n) is 1.95. The minimum Gasteiger partial charge on any atom is -0.430 e. The smallest absolute Gasteiger partial charge is 0.335 e. The Bertz CT molecular complexity index is 589. The van der Waals surface area contributed by atoms with Crippen LogP contribution in [0.25, 0.3) is 0 Å². The largest absolute Gasteiger partial charge is 0.430 e.